The third-order valence-electron chi connectivity index (χ3n) is 7.11. The number of aliphatic hydroxyl groups excluding tert-OH is 1. The van der Waals surface area contributed by atoms with Crippen molar-refractivity contribution < 1.29 is 29.0 Å². The van der Waals surface area contributed by atoms with Crippen LogP contribution in [0.15, 0.2) is 72.3 Å². The van der Waals surface area contributed by atoms with E-state index in [-0.39, 0.29) is 24.0 Å². The highest BCUT2D eigenvalue weighted by atomic mass is 16.5. The molecule has 1 fully saturated rings. The first-order chi connectivity index (χ1) is 19.1. The molecule has 1 atom stereocenters. The Morgan fingerprint density at radius 1 is 1.05 bits per heavy atom. The van der Waals surface area contributed by atoms with Gasteiger partial charge in [-0.1, -0.05) is 42.0 Å². The summed E-state index contributed by atoms with van der Waals surface area (Å²) in [4.78, 5) is 42.7. The molecule has 1 unspecified atom stereocenters. The second-order valence-corrected chi connectivity index (χ2v) is 10.4. The average Bonchev–Trinajstić information content (AvgIpc) is 3.17. The molecular formula is C32H32N2O6. The molecule has 0 aliphatic carbocycles. The molecule has 2 heterocycles. The van der Waals surface area contributed by atoms with Crippen molar-refractivity contribution in [2.45, 2.75) is 39.5 Å². The molecule has 8 nitrogen and oxygen atoms in total. The van der Waals surface area contributed by atoms with Gasteiger partial charge in [-0.3, -0.25) is 9.59 Å². The molecule has 0 spiro atoms. The van der Waals surface area contributed by atoms with Crippen LogP contribution >= 0.6 is 0 Å². The van der Waals surface area contributed by atoms with Gasteiger partial charge in [-0.05, 0) is 62.2 Å². The monoisotopic (exact) mass is 540 g/mol. The van der Waals surface area contributed by atoms with Crippen molar-refractivity contribution >= 4 is 29.1 Å². The average molecular weight is 541 g/mol. The number of likely N-dealkylation sites (N-methyl/N-ethyl adjacent to an activating group) is 1. The van der Waals surface area contributed by atoms with Crippen LogP contribution in [0.2, 0.25) is 0 Å². The number of benzene rings is 3. The van der Waals surface area contributed by atoms with E-state index in [4.69, 9.17) is 9.47 Å². The van der Waals surface area contributed by atoms with Gasteiger partial charge in [0.15, 0.2) is 0 Å². The molecule has 5 rings (SSSR count). The number of aliphatic hydroxyl groups is 1. The molecule has 206 valence electrons. The summed E-state index contributed by atoms with van der Waals surface area (Å²) >= 11 is 0. The Kier molecular flexibility index (Phi) is 7.34. The lowest BCUT2D eigenvalue weighted by atomic mass is 9.94. The standard InChI is InChI=1S/C32H32N2O6/c1-19(2)40-32(38)22-10-8-21(9-11-22)18-34-28(23-7-5-6-20(3)16-23)27(30(36)31(34)37)29(35)24-12-13-26-25(17-24)33(4)14-15-39-26/h5-13,16-17,19,28,35H,14-15,18H2,1-4H3/b29-27-. The fraction of sp³-hybridized carbons (Fsp3) is 0.281. The summed E-state index contributed by atoms with van der Waals surface area (Å²) in [5.74, 6) is -1.41. The van der Waals surface area contributed by atoms with Gasteiger partial charge < -0.3 is 24.4 Å². The maximum Gasteiger partial charge on any atom is 0.338 e. The Labute approximate surface area is 233 Å². The molecule has 8 heteroatoms. The van der Waals surface area contributed by atoms with Crippen molar-refractivity contribution in [2.24, 2.45) is 0 Å². The van der Waals surface area contributed by atoms with Crippen molar-refractivity contribution in [3.05, 3.63) is 100 Å². The number of esters is 1. The molecule has 2 aliphatic heterocycles. The van der Waals surface area contributed by atoms with Crippen LogP contribution in [-0.2, 0) is 20.9 Å². The molecule has 3 aromatic carbocycles. The van der Waals surface area contributed by atoms with Crippen molar-refractivity contribution in [3.8, 4) is 5.75 Å². The number of fused-ring (bicyclic) bond motifs is 1. The molecule has 40 heavy (non-hydrogen) atoms. The maximum atomic E-state index is 13.5. The van der Waals surface area contributed by atoms with Crippen molar-refractivity contribution in [1.29, 1.82) is 0 Å². The van der Waals surface area contributed by atoms with Crippen LogP contribution in [0.1, 0.15) is 52.5 Å². The lowest BCUT2D eigenvalue weighted by molar-refractivity contribution is -0.140. The highest BCUT2D eigenvalue weighted by Crippen LogP contribution is 2.42. The molecule has 1 saturated heterocycles. The second-order valence-electron chi connectivity index (χ2n) is 10.4. The van der Waals surface area contributed by atoms with Crippen LogP contribution < -0.4 is 9.64 Å². The van der Waals surface area contributed by atoms with Crippen LogP contribution in [0.25, 0.3) is 5.76 Å². The number of ether oxygens (including phenoxy) is 2. The van der Waals surface area contributed by atoms with E-state index in [9.17, 15) is 19.5 Å². The molecule has 0 saturated carbocycles. The van der Waals surface area contributed by atoms with E-state index < -0.39 is 23.7 Å². The van der Waals surface area contributed by atoms with E-state index in [2.05, 4.69) is 0 Å². The summed E-state index contributed by atoms with van der Waals surface area (Å²) < 4.78 is 11.0. The topological polar surface area (TPSA) is 96.4 Å². The first-order valence-corrected chi connectivity index (χ1v) is 13.3. The molecule has 0 bridgehead atoms. The number of anilines is 1. The molecule has 2 aliphatic rings. The van der Waals surface area contributed by atoms with Crippen LogP contribution in [-0.4, -0.2) is 54.0 Å². The van der Waals surface area contributed by atoms with E-state index in [1.54, 1.807) is 56.3 Å². The van der Waals surface area contributed by atoms with Crippen molar-refractivity contribution in [2.75, 3.05) is 25.1 Å². The smallest absolute Gasteiger partial charge is 0.338 e. The fourth-order valence-electron chi connectivity index (χ4n) is 5.11. The number of hydrogen-bond acceptors (Lipinski definition) is 7. The predicted octanol–water partition coefficient (Wildman–Crippen LogP) is 5.01. The zero-order valence-electron chi connectivity index (χ0n) is 23.0. The minimum Gasteiger partial charge on any atom is -0.507 e. The van der Waals surface area contributed by atoms with E-state index in [1.165, 1.54) is 4.90 Å². The number of hydrogen-bond donors (Lipinski definition) is 1. The number of likely N-dealkylation sites (tertiary alicyclic amines) is 1. The van der Waals surface area contributed by atoms with Gasteiger partial charge in [0.05, 0.1) is 35.5 Å². The van der Waals surface area contributed by atoms with E-state index >= 15 is 0 Å². The number of carbonyl (C=O) groups excluding carboxylic acids is 3. The van der Waals surface area contributed by atoms with Gasteiger partial charge >= 0.3 is 5.97 Å². The zero-order chi connectivity index (χ0) is 28.6. The number of ketones is 1. The SMILES string of the molecule is Cc1cccc(C2/C(=C(/O)c3ccc4c(c3)N(C)CCO4)C(=O)C(=O)N2Cc2ccc(C(=O)OC(C)C)cc2)c1. The highest BCUT2D eigenvalue weighted by Gasteiger charge is 2.46. The largest absolute Gasteiger partial charge is 0.507 e. The Hall–Kier alpha value is -4.59. The molecule has 3 aromatic rings. The number of nitrogens with zero attached hydrogens (tertiary/aromatic N) is 2. The Balaban J connectivity index is 1.55. The van der Waals surface area contributed by atoms with E-state index in [0.29, 0.717) is 30.0 Å². The van der Waals surface area contributed by atoms with Gasteiger partial charge in [0, 0.05) is 19.2 Å². The number of rotatable bonds is 6. The van der Waals surface area contributed by atoms with Crippen LogP contribution in [0.3, 0.4) is 0 Å². The third-order valence-corrected chi connectivity index (χ3v) is 7.11. The minimum atomic E-state index is -0.796. The Bertz CT molecular complexity index is 1510. The van der Waals surface area contributed by atoms with Gasteiger partial charge in [-0.2, -0.15) is 0 Å². The van der Waals surface area contributed by atoms with Crippen molar-refractivity contribution in [3.63, 3.8) is 0 Å². The highest BCUT2D eigenvalue weighted by molar-refractivity contribution is 6.46. The lowest BCUT2D eigenvalue weighted by Gasteiger charge is -2.28. The quantitative estimate of drug-likeness (QED) is 0.203. The summed E-state index contributed by atoms with van der Waals surface area (Å²) in [6.07, 6.45) is -0.239. The molecule has 1 N–H and O–H groups in total. The summed E-state index contributed by atoms with van der Waals surface area (Å²) in [5.41, 5.74) is 4.07. The molecule has 0 aromatic heterocycles. The zero-order valence-corrected chi connectivity index (χ0v) is 23.0. The van der Waals surface area contributed by atoms with Crippen LogP contribution in [0.4, 0.5) is 5.69 Å². The molecule has 0 radical (unpaired) electrons. The number of amides is 1. The summed E-state index contributed by atoms with van der Waals surface area (Å²) in [7, 11) is 1.94. The second kappa shape index (κ2) is 10.9. The third kappa shape index (κ3) is 5.17. The minimum absolute atomic E-state index is 0.0343. The van der Waals surface area contributed by atoms with Crippen molar-refractivity contribution in [1.82, 2.24) is 4.90 Å². The van der Waals surface area contributed by atoms with Gasteiger partial charge in [0.25, 0.3) is 11.7 Å². The molecular weight excluding hydrogens is 508 g/mol. The molecule has 1 amide bonds. The maximum absolute atomic E-state index is 13.5. The van der Waals surface area contributed by atoms with E-state index in [1.807, 2.05) is 43.1 Å². The summed E-state index contributed by atoms with van der Waals surface area (Å²) in [6, 6.07) is 18.8. The first-order valence-electron chi connectivity index (χ1n) is 13.3. The van der Waals surface area contributed by atoms with E-state index in [0.717, 1.165) is 22.4 Å². The van der Waals surface area contributed by atoms with Gasteiger partial charge in [-0.25, -0.2) is 4.79 Å². The van der Waals surface area contributed by atoms with Gasteiger partial charge in [0.2, 0.25) is 0 Å². The number of carbonyl (C=O) groups is 3. The Morgan fingerprint density at radius 2 is 1.77 bits per heavy atom. The van der Waals surface area contributed by atoms with Crippen LogP contribution in [0, 0.1) is 6.92 Å². The predicted molar refractivity (Wildman–Crippen MR) is 151 cm³/mol. The van der Waals surface area contributed by atoms with Crippen LogP contribution in [0.5, 0.6) is 5.75 Å². The Morgan fingerprint density at radius 3 is 2.48 bits per heavy atom. The summed E-state index contributed by atoms with van der Waals surface area (Å²) in [6.45, 7) is 6.87. The first kappa shape index (κ1) is 27.0. The van der Waals surface area contributed by atoms with Gasteiger partial charge in [-0.15, -0.1) is 0 Å². The summed E-state index contributed by atoms with van der Waals surface area (Å²) in [5, 5.41) is 11.5. The fourth-order valence-corrected chi connectivity index (χ4v) is 5.11. The lowest BCUT2D eigenvalue weighted by Crippen LogP contribution is -2.29. The number of aryl methyl sites for hydroxylation is 1. The van der Waals surface area contributed by atoms with Gasteiger partial charge in [0.1, 0.15) is 18.1 Å². The number of Topliss-reactive ketones (excluding diaryl/α,β-unsaturated/α-hetero) is 1. The normalized spacial score (nSPS) is 18.1.